The maximum Gasteiger partial charge on any atom is 0.211 e. The lowest BCUT2D eigenvalue weighted by atomic mass is 9.73. The Morgan fingerprint density at radius 3 is 2.86 bits per heavy atom. The number of rotatable bonds is 4. The van der Waals surface area contributed by atoms with E-state index in [1.807, 2.05) is 37.6 Å². The molecule has 0 aromatic carbocycles. The number of hydrogen-bond acceptors (Lipinski definition) is 7. The minimum atomic E-state index is 0.0372. The molecule has 0 unspecified atom stereocenters. The molecular weight excluding hydrogens is 478 g/mol. The van der Waals surface area contributed by atoms with Gasteiger partial charge in [0.2, 0.25) is 5.95 Å². The fourth-order valence-electron chi connectivity index (χ4n) is 5.52. The molecule has 1 aliphatic carbocycles. The van der Waals surface area contributed by atoms with Gasteiger partial charge in [0, 0.05) is 55.9 Å². The van der Waals surface area contributed by atoms with Gasteiger partial charge in [-0.3, -0.25) is 14.4 Å². The van der Waals surface area contributed by atoms with Crippen molar-refractivity contribution in [2.75, 3.05) is 18.0 Å². The van der Waals surface area contributed by atoms with Crippen molar-refractivity contribution in [2.24, 2.45) is 11.1 Å². The third-order valence-corrected chi connectivity index (χ3v) is 9.29. The Morgan fingerprint density at radius 1 is 1.20 bits per heavy atom. The summed E-state index contributed by atoms with van der Waals surface area (Å²) in [6.45, 7) is 4.06. The molecule has 1 fully saturated rings. The SMILES string of the molecule is [2H]CCc1nccc(Sc2c(C)nc(N3CCC4(CC3)Cc3ncccc3[C@H]4N)n3ccnc23)c1Cl. The van der Waals surface area contributed by atoms with Crippen LogP contribution < -0.4 is 10.6 Å². The fraction of sp³-hybridized carbons (Fsp3) is 0.385. The molecule has 1 spiro atoms. The van der Waals surface area contributed by atoms with Crippen molar-refractivity contribution in [1.29, 1.82) is 0 Å². The van der Waals surface area contributed by atoms with Gasteiger partial charge in [-0.2, -0.15) is 0 Å². The molecule has 0 amide bonds. The van der Waals surface area contributed by atoms with Gasteiger partial charge in [-0.1, -0.05) is 36.3 Å². The van der Waals surface area contributed by atoms with Crippen molar-refractivity contribution < 1.29 is 1.37 Å². The third kappa shape index (κ3) is 3.70. The van der Waals surface area contributed by atoms with E-state index in [1.165, 1.54) is 5.56 Å². The Morgan fingerprint density at radius 2 is 2.06 bits per heavy atom. The van der Waals surface area contributed by atoms with Crippen LogP contribution in [-0.2, 0) is 12.8 Å². The monoisotopic (exact) mass is 506 g/mol. The Kier molecular flexibility index (Phi) is 5.41. The summed E-state index contributed by atoms with van der Waals surface area (Å²) in [6.07, 6.45) is 10.9. The van der Waals surface area contributed by atoms with Gasteiger partial charge in [0.05, 0.1) is 21.3 Å². The predicted molar refractivity (Wildman–Crippen MR) is 139 cm³/mol. The molecule has 5 heterocycles. The van der Waals surface area contributed by atoms with Crippen LogP contribution in [0.1, 0.15) is 49.8 Å². The van der Waals surface area contributed by atoms with Gasteiger partial charge in [0.1, 0.15) is 0 Å². The van der Waals surface area contributed by atoms with Crippen molar-refractivity contribution in [2.45, 2.75) is 55.3 Å². The quantitative estimate of drug-likeness (QED) is 0.415. The van der Waals surface area contributed by atoms with E-state index in [0.29, 0.717) is 11.4 Å². The number of piperidine rings is 1. The second-order valence-corrected chi connectivity index (χ2v) is 10.8. The number of anilines is 1. The van der Waals surface area contributed by atoms with Crippen LogP contribution in [0.2, 0.25) is 5.02 Å². The van der Waals surface area contributed by atoms with Crippen LogP contribution in [0, 0.1) is 12.3 Å². The smallest absolute Gasteiger partial charge is 0.211 e. The van der Waals surface area contributed by atoms with Gasteiger partial charge >= 0.3 is 0 Å². The molecule has 180 valence electrons. The number of halogens is 1. The van der Waals surface area contributed by atoms with Crippen molar-refractivity contribution in [3.05, 3.63) is 70.7 Å². The normalized spacial score (nSPS) is 19.3. The lowest BCUT2D eigenvalue weighted by Crippen LogP contribution is -2.45. The molecule has 1 aliphatic heterocycles. The number of hydrogen-bond donors (Lipinski definition) is 1. The van der Waals surface area contributed by atoms with E-state index in [0.717, 1.165) is 70.8 Å². The number of nitrogens with zero attached hydrogens (tertiary/aromatic N) is 6. The summed E-state index contributed by atoms with van der Waals surface area (Å²) >= 11 is 8.19. The van der Waals surface area contributed by atoms with E-state index in [9.17, 15) is 0 Å². The number of nitrogens with two attached hydrogens (primary N) is 1. The Hall–Kier alpha value is -2.68. The summed E-state index contributed by atoms with van der Waals surface area (Å²) in [7, 11) is 0. The summed E-state index contributed by atoms with van der Waals surface area (Å²) in [5.41, 5.74) is 11.7. The average Bonchev–Trinajstić information content (AvgIpc) is 3.47. The molecule has 7 nitrogen and oxygen atoms in total. The van der Waals surface area contributed by atoms with E-state index in [1.54, 1.807) is 18.0 Å². The zero-order chi connectivity index (χ0) is 24.9. The lowest BCUT2D eigenvalue weighted by molar-refractivity contribution is 0.186. The first-order valence-electron chi connectivity index (χ1n) is 12.6. The molecule has 0 saturated carbocycles. The molecule has 2 aliphatic rings. The van der Waals surface area contributed by atoms with E-state index in [4.69, 9.17) is 23.7 Å². The molecule has 0 bridgehead atoms. The maximum atomic E-state index is 7.52. The molecule has 1 saturated heterocycles. The fourth-order valence-corrected chi connectivity index (χ4v) is 6.83. The van der Waals surface area contributed by atoms with Crippen LogP contribution in [0.15, 0.2) is 52.8 Å². The summed E-state index contributed by atoms with van der Waals surface area (Å²) in [4.78, 5) is 22.9. The number of imidazole rings is 1. The Balaban J connectivity index is 1.27. The van der Waals surface area contributed by atoms with Crippen molar-refractivity contribution in [3.63, 3.8) is 0 Å². The lowest BCUT2D eigenvalue weighted by Gasteiger charge is -2.42. The zero-order valence-electron chi connectivity index (χ0n) is 20.6. The van der Waals surface area contributed by atoms with Gasteiger partial charge in [0.25, 0.3) is 0 Å². The van der Waals surface area contributed by atoms with Crippen LogP contribution in [0.25, 0.3) is 5.65 Å². The molecule has 4 aromatic rings. The van der Waals surface area contributed by atoms with E-state index in [2.05, 4.69) is 30.3 Å². The zero-order valence-corrected chi connectivity index (χ0v) is 21.2. The predicted octanol–water partition coefficient (Wildman–Crippen LogP) is 5.04. The third-order valence-electron chi connectivity index (χ3n) is 7.51. The van der Waals surface area contributed by atoms with E-state index < -0.39 is 0 Å². The average molecular weight is 507 g/mol. The Bertz CT molecular complexity index is 1430. The van der Waals surface area contributed by atoms with Crippen LogP contribution in [0.5, 0.6) is 0 Å². The molecular formula is C26H28ClN7S. The van der Waals surface area contributed by atoms with E-state index >= 15 is 0 Å². The molecule has 4 aromatic heterocycles. The molecule has 35 heavy (non-hydrogen) atoms. The van der Waals surface area contributed by atoms with Gasteiger partial charge in [0.15, 0.2) is 5.65 Å². The summed E-state index contributed by atoms with van der Waals surface area (Å²) < 4.78 is 9.61. The summed E-state index contributed by atoms with van der Waals surface area (Å²) in [5.74, 6) is 0.914. The summed E-state index contributed by atoms with van der Waals surface area (Å²) in [5, 5.41) is 0.604. The highest BCUT2D eigenvalue weighted by Gasteiger charge is 2.46. The van der Waals surface area contributed by atoms with Gasteiger partial charge in [-0.25, -0.2) is 9.97 Å². The Labute approximate surface area is 215 Å². The molecule has 1 atom stereocenters. The molecule has 0 radical (unpaired) electrons. The topological polar surface area (TPSA) is 85.2 Å². The van der Waals surface area contributed by atoms with Gasteiger partial charge in [-0.15, -0.1) is 0 Å². The van der Waals surface area contributed by atoms with Crippen LogP contribution in [0.4, 0.5) is 5.95 Å². The molecule has 2 N–H and O–H groups in total. The highest BCUT2D eigenvalue weighted by Crippen LogP contribution is 2.50. The van der Waals surface area contributed by atoms with Crippen LogP contribution in [0.3, 0.4) is 0 Å². The minimum Gasteiger partial charge on any atom is -0.342 e. The van der Waals surface area contributed by atoms with Crippen molar-refractivity contribution in [3.8, 4) is 0 Å². The number of pyridine rings is 2. The number of aromatic nitrogens is 5. The van der Waals surface area contributed by atoms with Crippen LogP contribution in [-0.4, -0.2) is 37.4 Å². The first-order valence-corrected chi connectivity index (χ1v) is 13.1. The maximum absolute atomic E-state index is 7.52. The molecule has 6 rings (SSSR count). The van der Waals surface area contributed by atoms with Crippen molar-refractivity contribution in [1.82, 2.24) is 24.3 Å². The first kappa shape index (κ1) is 21.6. The number of fused-ring (bicyclic) bond motifs is 2. The van der Waals surface area contributed by atoms with Crippen molar-refractivity contribution >= 4 is 35.0 Å². The standard InChI is InChI=1S/C26H28ClN7S/c1-3-18-21(27)20(6-10-30-18)35-22-16(2)32-25(34-14-11-31-24(22)34)33-12-7-26(8-13-33)15-19-17(23(26)28)5-4-9-29-19/h4-6,9-11,14,23H,3,7-8,12-13,15,28H2,1-2H3/t23-/m1/s1/i1D. The second-order valence-electron chi connectivity index (χ2n) is 9.41. The second kappa shape index (κ2) is 8.76. The highest BCUT2D eigenvalue weighted by molar-refractivity contribution is 7.99. The molecule has 9 heteroatoms. The largest absolute Gasteiger partial charge is 0.342 e. The minimum absolute atomic E-state index is 0.0372. The summed E-state index contributed by atoms with van der Waals surface area (Å²) in [6, 6.07) is 6.07. The van der Waals surface area contributed by atoms with Gasteiger partial charge < -0.3 is 10.6 Å². The van der Waals surface area contributed by atoms with Gasteiger partial charge in [-0.05, 0) is 55.7 Å². The highest BCUT2D eigenvalue weighted by atomic mass is 35.5. The van der Waals surface area contributed by atoms with Crippen LogP contribution >= 0.6 is 23.4 Å². The number of aryl methyl sites for hydroxylation is 2. The van der Waals surface area contributed by atoms with E-state index in [-0.39, 0.29) is 18.4 Å². The first-order chi connectivity index (χ1) is 17.5.